The molecule has 3 aromatic heterocycles. The summed E-state index contributed by atoms with van der Waals surface area (Å²) in [6, 6.07) is 20.7. The molecule has 1 N–H and O–H groups in total. The van der Waals surface area contributed by atoms with E-state index in [1.807, 2.05) is 73.7 Å². The maximum atomic E-state index is 14.4. The second-order valence-electron chi connectivity index (χ2n) is 10.1. The predicted octanol–water partition coefficient (Wildman–Crippen LogP) is 5.18. The largest absolute Gasteiger partial charge is 0.481 e. The van der Waals surface area contributed by atoms with Crippen LogP contribution in [0.2, 0.25) is 0 Å². The number of fused-ring (bicyclic) bond motifs is 1. The number of amides is 1. The van der Waals surface area contributed by atoms with Crippen molar-refractivity contribution in [3.05, 3.63) is 107 Å². The molecule has 5 aromatic rings. The first-order valence-electron chi connectivity index (χ1n) is 13.6. The normalized spacial score (nSPS) is 13.5. The highest BCUT2D eigenvalue weighted by atomic mass is 16.5. The number of anilines is 1. The van der Waals surface area contributed by atoms with Gasteiger partial charge in [-0.3, -0.25) is 14.2 Å². The quantitative estimate of drug-likeness (QED) is 0.300. The molecule has 0 aliphatic carbocycles. The summed E-state index contributed by atoms with van der Waals surface area (Å²) in [7, 11) is 1.57. The summed E-state index contributed by atoms with van der Waals surface area (Å²) in [5.41, 5.74) is 3.37. The van der Waals surface area contributed by atoms with Gasteiger partial charge in [0.15, 0.2) is 0 Å². The fourth-order valence-corrected chi connectivity index (χ4v) is 5.18. The Hall–Kier alpha value is -5.05. The summed E-state index contributed by atoms with van der Waals surface area (Å²) < 4.78 is 7.07. The zero-order valence-corrected chi connectivity index (χ0v) is 23.2. The van der Waals surface area contributed by atoms with Crippen molar-refractivity contribution < 1.29 is 9.53 Å². The molecule has 1 fully saturated rings. The van der Waals surface area contributed by atoms with Crippen LogP contribution in [0.3, 0.4) is 0 Å². The molecule has 9 nitrogen and oxygen atoms in total. The standard InChI is InChI=1S/C32H30N6O3/c1-20(35-30-26(19-34-21(2)36-30)31(39)37-15-8-16-37)27-17-23-9-7-12-25(22-13-14-33-28(18-22)41-3)29(23)32(40)38(27)24-10-5-4-6-11-24/h4-7,9-14,17-20H,8,15-16H2,1-3H3,(H,34,35,36)/t20-/m0/s1. The molecule has 0 bridgehead atoms. The molecule has 0 radical (unpaired) electrons. The number of aromatic nitrogens is 4. The molecule has 1 atom stereocenters. The topological polar surface area (TPSA) is 102 Å². The summed E-state index contributed by atoms with van der Waals surface area (Å²) in [4.78, 5) is 42.4. The number of carbonyl (C=O) groups is 1. The van der Waals surface area contributed by atoms with Gasteiger partial charge in [-0.1, -0.05) is 36.4 Å². The van der Waals surface area contributed by atoms with E-state index in [4.69, 9.17) is 4.74 Å². The molecule has 1 amide bonds. The first-order valence-corrected chi connectivity index (χ1v) is 13.6. The van der Waals surface area contributed by atoms with Gasteiger partial charge < -0.3 is 15.0 Å². The van der Waals surface area contributed by atoms with Crippen LogP contribution in [0.25, 0.3) is 27.6 Å². The fourth-order valence-electron chi connectivity index (χ4n) is 5.18. The molecule has 1 aliphatic rings. The Morgan fingerprint density at radius 3 is 2.56 bits per heavy atom. The van der Waals surface area contributed by atoms with Crippen molar-refractivity contribution in [2.24, 2.45) is 0 Å². The Morgan fingerprint density at radius 1 is 1.02 bits per heavy atom. The maximum Gasteiger partial charge on any atom is 0.263 e. The van der Waals surface area contributed by atoms with Crippen molar-refractivity contribution in [1.29, 1.82) is 0 Å². The van der Waals surface area contributed by atoms with Crippen molar-refractivity contribution in [3.8, 4) is 22.7 Å². The highest BCUT2D eigenvalue weighted by Crippen LogP contribution is 2.31. The van der Waals surface area contributed by atoms with Crippen molar-refractivity contribution in [2.75, 3.05) is 25.5 Å². The van der Waals surface area contributed by atoms with E-state index in [2.05, 4.69) is 20.3 Å². The maximum absolute atomic E-state index is 14.4. The summed E-state index contributed by atoms with van der Waals surface area (Å²) in [6.07, 6.45) is 4.25. The van der Waals surface area contributed by atoms with Crippen LogP contribution in [-0.4, -0.2) is 50.5 Å². The average molecular weight is 547 g/mol. The third-order valence-electron chi connectivity index (χ3n) is 7.42. The average Bonchev–Trinajstić information content (AvgIpc) is 2.96. The third-order valence-corrected chi connectivity index (χ3v) is 7.42. The van der Waals surface area contributed by atoms with Crippen LogP contribution in [0.5, 0.6) is 5.88 Å². The van der Waals surface area contributed by atoms with Crippen molar-refractivity contribution in [1.82, 2.24) is 24.4 Å². The number of aryl methyl sites for hydroxylation is 1. The third kappa shape index (κ3) is 4.91. The Kier molecular flexibility index (Phi) is 6.93. The first kappa shape index (κ1) is 26.2. The number of hydrogen-bond acceptors (Lipinski definition) is 7. The van der Waals surface area contributed by atoms with Crippen LogP contribution in [0, 0.1) is 6.92 Å². The number of benzene rings is 2. The van der Waals surface area contributed by atoms with Gasteiger partial charge >= 0.3 is 0 Å². The summed E-state index contributed by atoms with van der Waals surface area (Å²) >= 11 is 0. The van der Waals surface area contributed by atoms with Gasteiger partial charge in [0.05, 0.1) is 18.5 Å². The van der Waals surface area contributed by atoms with Gasteiger partial charge in [0.2, 0.25) is 5.88 Å². The van der Waals surface area contributed by atoms with Gasteiger partial charge in [0, 0.05) is 42.9 Å². The van der Waals surface area contributed by atoms with E-state index in [9.17, 15) is 9.59 Å². The van der Waals surface area contributed by atoms with E-state index in [0.717, 1.165) is 47.4 Å². The first-order chi connectivity index (χ1) is 19.9. The van der Waals surface area contributed by atoms with Crippen LogP contribution in [-0.2, 0) is 0 Å². The van der Waals surface area contributed by atoms with Crippen LogP contribution in [0.1, 0.15) is 41.3 Å². The van der Waals surface area contributed by atoms with Gasteiger partial charge in [-0.2, -0.15) is 0 Å². The Labute approximate surface area is 237 Å². The van der Waals surface area contributed by atoms with E-state index in [1.54, 1.807) is 35.9 Å². The number of rotatable bonds is 7. The minimum Gasteiger partial charge on any atom is -0.481 e. The zero-order chi connectivity index (χ0) is 28.5. The van der Waals surface area contributed by atoms with E-state index in [0.29, 0.717) is 28.5 Å². The Balaban J connectivity index is 1.51. The van der Waals surface area contributed by atoms with E-state index >= 15 is 0 Å². The van der Waals surface area contributed by atoms with Crippen molar-refractivity contribution >= 4 is 22.5 Å². The number of pyridine rings is 2. The number of likely N-dealkylation sites (tertiary alicyclic amines) is 1. The summed E-state index contributed by atoms with van der Waals surface area (Å²) in [5, 5.41) is 4.82. The molecule has 4 heterocycles. The molecular weight excluding hydrogens is 516 g/mol. The lowest BCUT2D eigenvalue weighted by atomic mass is 9.98. The molecular formula is C32H30N6O3. The Morgan fingerprint density at radius 2 is 1.83 bits per heavy atom. The predicted molar refractivity (Wildman–Crippen MR) is 159 cm³/mol. The lowest BCUT2D eigenvalue weighted by molar-refractivity contribution is 0.0652. The monoisotopic (exact) mass is 546 g/mol. The number of methoxy groups -OCH3 is 1. The number of carbonyl (C=O) groups excluding carboxylic acids is 1. The number of nitrogens with zero attached hydrogens (tertiary/aromatic N) is 5. The van der Waals surface area contributed by atoms with Crippen LogP contribution in [0.15, 0.2) is 83.9 Å². The van der Waals surface area contributed by atoms with Gasteiger partial charge in [0.25, 0.3) is 11.5 Å². The highest BCUT2D eigenvalue weighted by molar-refractivity contribution is 5.99. The zero-order valence-electron chi connectivity index (χ0n) is 23.2. The van der Waals surface area contributed by atoms with Crippen molar-refractivity contribution in [2.45, 2.75) is 26.3 Å². The molecule has 0 spiro atoms. The SMILES string of the molecule is COc1cc(-c2cccc3cc([C@H](C)Nc4nc(C)ncc4C(=O)N4CCC4)n(-c4ccccc4)c(=O)c23)ccn1. The molecule has 1 saturated heterocycles. The van der Waals surface area contributed by atoms with Crippen LogP contribution >= 0.6 is 0 Å². The molecule has 9 heteroatoms. The highest BCUT2D eigenvalue weighted by Gasteiger charge is 2.26. The number of para-hydroxylation sites is 1. The van der Waals surface area contributed by atoms with E-state index in [1.165, 1.54) is 0 Å². The molecule has 2 aromatic carbocycles. The van der Waals surface area contributed by atoms with Crippen LogP contribution < -0.4 is 15.6 Å². The minimum absolute atomic E-state index is 0.0951. The molecule has 41 heavy (non-hydrogen) atoms. The number of nitrogens with one attached hydrogen (secondary N) is 1. The number of hydrogen-bond donors (Lipinski definition) is 1. The fraction of sp³-hybridized carbons (Fsp3) is 0.219. The second-order valence-corrected chi connectivity index (χ2v) is 10.1. The Bertz CT molecular complexity index is 1810. The van der Waals surface area contributed by atoms with E-state index < -0.39 is 0 Å². The molecule has 206 valence electrons. The van der Waals surface area contributed by atoms with Gasteiger partial charge in [-0.15, -0.1) is 0 Å². The lowest BCUT2D eigenvalue weighted by Crippen LogP contribution is -2.42. The molecule has 0 saturated carbocycles. The lowest BCUT2D eigenvalue weighted by Gasteiger charge is -2.31. The number of ether oxygens (including phenoxy) is 1. The van der Waals surface area contributed by atoms with Gasteiger partial charge in [0.1, 0.15) is 17.2 Å². The van der Waals surface area contributed by atoms with Crippen molar-refractivity contribution in [3.63, 3.8) is 0 Å². The summed E-state index contributed by atoms with van der Waals surface area (Å²) in [6.45, 7) is 5.21. The van der Waals surface area contributed by atoms with Crippen LogP contribution in [0.4, 0.5) is 5.82 Å². The summed E-state index contributed by atoms with van der Waals surface area (Å²) in [5.74, 6) is 1.38. The smallest absolute Gasteiger partial charge is 0.263 e. The molecule has 0 unspecified atom stereocenters. The second kappa shape index (κ2) is 10.8. The van der Waals surface area contributed by atoms with E-state index in [-0.39, 0.29) is 17.5 Å². The van der Waals surface area contributed by atoms with Gasteiger partial charge in [-0.05, 0) is 61.0 Å². The van der Waals surface area contributed by atoms with Gasteiger partial charge in [-0.25, -0.2) is 15.0 Å². The molecule has 1 aliphatic heterocycles. The minimum atomic E-state index is -0.380. The molecule has 6 rings (SSSR count).